The Kier molecular flexibility index (Phi) is 3.30. The van der Waals surface area contributed by atoms with Gasteiger partial charge in [0.25, 0.3) is 5.91 Å². The van der Waals surface area contributed by atoms with Gasteiger partial charge in [0, 0.05) is 42.3 Å². The highest BCUT2D eigenvalue weighted by Gasteiger charge is 2.48. The lowest BCUT2D eigenvalue weighted by molar-refractivity contribution is 0.0975. The molecule has 0 saturated carbocycles. The van der Waals surface area contributed by atoms with Gasteiger partial charge in [-0.15, -0.1) is 0 Å². The predicted molar refractivity (Wildman–Crippen MR) is 109 cm³/mol. The molecule has 6 rings (SSSR count). The van der Waals surface area contributed by atoms with Crippen LogP contribution in [0.5, 0.6) is 0 Å². The van der Waals surface area contributed by atoms with Gasteiger partial charge < -0.3 is 9.88 Å². The molecule has 1 aromatic carbocycles. The first-order valence-corrected chi connectivity index (χ1v) is 9.83. The van der Waals surface area contributed by atoms with Crippen molar-refractivity contribution in [2.75, 3.05) is 20.1 Å². The normalized spacial score (nSPS) is 18.9. The van der Waals surface area contributed by atoms with Crippen LogP contribution in [0.15, 0.2) is 41.5 Å². The number of hydrogen-bond donors (Lipinski definition) is 1. The first-order valence-electron chi connectivity index (χ1n) is 9.83. The lowest BCUT2D eigenvalue weighted by Gasteiger charge is -2.47. The summed E-state index contributed by atoms with van der Waals surface area (Å²) < 4.78 is 14.3. The van der Waals surface area contributed by atoms with Crippen LogP contribution >= 0.6 is 0 Å². The number of amides is 1. The number of pyridine rings is 1. The second-order valence-corrected chi connectivity index (χ2v) is 8.33. The van der Waals surface area contributed by atoms with E-state index in [1.165, 1.54) is 6.07 Å². The summed E-state index contributed by atoms with van der Waals surface area (Å²) >= 11 is 0. The van der Waals surface area contributed by atoms with Crippen molar-refractivity contribution >= 4 is 12.1 Å². The number of nitrogens with zero attached hydrogens (tertiary/aromatic N) is 3. The topological polar surface area (TPSA) is 61.4 Å². The van der Waals surface area contributed by atoms with Crippen LogP contribution < -0.4 is 0 Å². The first kappa shape index (κ1) is 16.8. The van der Waals surface area contributed by atoms with Crippen LogP contribution in [0, 0.1) is 5.82 Å². The number of halogens is 1. The minimum atomic E-state index is -0.290. The van der Waals surface area contributed by atoms with Crippen LogP contribution in [-0.4, -0.2) is 47.1 Å². The number of carbonyl (C=O) groups is 1. The van der Waals surface area contributed by atoms with Crippen LogP contribution in [0.1, 0.15) is 27.2 Å². The molecule has 6 heteroatoms. The summed E-state index contributed by atoms with van der Waals surface area (Å²) in [5.41, 5.74) is 6.71. The van der Waals surface area contributed by atoms with Crippen molar-refractivity contribution in [3.63, 3.8) is 0 Å². The number of hydrogen-bond acceptors (Lipinski definition) is 3. The van der Waals surface area contributed by atoms with E-state index in [4.69, 9.17) is 0 Å². The fourth-order valence-corrected chi connectivity index (χ4v) is 5.09. The molecule has 144 valence electrons. The van der Waals surface area contributed by atoms with Crippen molar-refractivity contribution in [3.05, 3.63) is 64.7 Å². The number of aryl methyl sites for hydroxylation is 1. The Labute approximate surface area is 167 Å². The number of fused-ring (bicyclic) bond motifs is 6. The van der Waals surface area contributed by atoms with E-state index in [9.17, 15) is 9.18 Å². The third-order valence-corrected chi connectivity index (χ3v) is 6.40. The minimum absolute atomic E-state index is 0.162. The van der Waals surface area contributed by atoms with E-state index < -0.39 is 0 Å². The molecule has 0 bridgehead atoms. The van der Waals surface area contributed by atoms with Crippen molar-refractivity contribution in [2.24, 2.45) is 4.99 Å². The van der Waals surface area contributed by atoms with E-state index in [0.717, 1.165) is 59.6 Å². The van der Waals surface area contributed by atoms with E-state index in [0.29, 0.717) is 11.3 Å². The first-order chi connectivity index (χ1) is 14.1. The zero-order chi connectivity index (χ0) is 19.8. The lowest BCUT2D eigenvalue weighted by Crippen LogP contribution is -2.60. The Balaban J connectivity index is 1.54. The van der Waals surface area contributed by atoms with E-state index in [2.05, 4.69) is 26.9 Å². The van der Waals surface area contributed by atoms with Crippen LogP contribution in [-0.2, 0) is 18.3 Å². The van der Waals surface area contributed by atoms with E-state index in [1.807, 2.05) is 24.5 Å². The highest BCUT2D eigenvalue weighted by atomic mass is 19.1. The number of carbonyl (C=O) groups excluding carboxylic acids is 1. The van der Waals surface area contributed by atoms with E-state index >= 15 is 0 Å². The molecule has 1 saturated heterocycles. The van der Waals surface area contributed by atoms with Gasteiger partial charge in [-0.25, -0.2) is 9.38 Å². The zero-order valence-electron chi connectivity index (χ0n) is 16.0. The summed E-state index contributed by atoms with van der Waals surface area (Å²) in [5.74, 6) is -0.452. The van der Waals surface area contributed by atoms with Gasteiger partial charge in [0.1, 0.15) is 5.82 Å². The van der Waals surface area contributed by atoms with Gasteiger partial charge in [-0.2, -0.15) is 0 Å². The molecule has 1 N–H and O–H groups in total. The van der Waals surface area contributed by atoms with Crippen molar-refractivity contribution in [1.82, 2.24) is 14.9 Å². The Hall–Kier alpha value is -3.12. The van der Waals surface area contributed by atoms with Crippen molar-refractivity contribution in [3.8, 4) is 22.5 Å². The molecular weight excluding hydrogens is 367 g/mol. The second kappa shape index (κ2) is 5.70. The molecule has 2 aromatic heterocycles. The van der Waals surface area contributed by atoms with Crippen LogP contribution in [0.3, 0.4) is 0 Å². The predicted octanol–water partition coefficient (Wildman–Crippen LogP) is 3.39. The highest BCUT2D eigenvalue weighted by molar-refractivity contribution is 6.08. The maximum absolute atomic E-state index is 14.3. The molecular formula is C23H19FN4O. The Bertz CT molecular complexity index is 1220. The number of likely N-dealkylation sites (N-methyl/N-ethyl adjacent to an activating group) is 1. The lowest BCUT2D eigenvalue weighted by atomic mass is 9.74. The fourth-order valence-electron chi connectivity index (χ4n) is 5.09. The summed E-state index contributed by atoms with van der Waals surface area (Å²) in [7, 11) is 2.07. The molecule has 3 aliphatic rings. The second-order valence-electron chi connectivity index (χ2n) is 8.33. The molecule has 0 unspecified atom stereocenters. The van der Waals surface area contributed by atoms with Gasteiger partial charge >= 0.3 is 0 Å². The summed E-state index contributed by atoms with van der Waals surface area (Å²) in [6.07, 6.45) is 5.24. The van der Waals surface area contributed by atoms with E-state index in [-0.39, 0.29) is 17.1 Å². The zero-order valence-corrected chi connectivity index (χ0v) is 16.0. The van der Waals surface area contributed by atoms with E-state index in [1.54, 1.807) is 12.1 Å². The van der Waals surface area contributed by atoms with Gasteiger partial charge in [-0.05, 0) is 49.2 Å². The molecule has 4 heterocycles. The third-order valence-electron chi connectivity index (χ3n) is 6.40. The number of nitrogens with one attached hydrogen (secondary N) is 1. The highest BCUT2D eigenvalue weighted by Crippen LogP contribution is 2.44. The molecule has 1 spiro atoms. The SMILES string of the molecule is CN1CC2(C=NC(=O)c3c2[nH]c2c3CCc3cnc(-c4ccccc4F)cc3-2)C1. The minimum Gasteiger partial charge on any atom is -0.357 e. The largest absolute Gasteiger partial charge is 0.357 e. The summed E-state index contributed by atoms with van der Waals surface area (Å²) in [5, 5.41) is 0. The van der Waals surface area contributed by atoms with Gasteiger partial charge in [0.15, 0.2) is 0 Å². The molecule has 0 atom stereocenters. The Morgan fingerprint density at radius 1 is 1.17 bits per heavy atom. The summed E-state index contributed by atoms with van der Waals surface area (Å²) in [6, 6.07) is 8.62. The Morgan fingerprint density at radius 2 is 2.00 bits per heavy atom. The smallest absolute Gasteiger partial charge is 0.278 e. The van der Waals surface area contributed by atoms with Gasteiger partial charge in [-0.3, -0.25) is 9.78 Å². The summed E-state index contributed by atoms with van der Waals surface area (Å²) in [4.78, 5) is 27.2. The number of H-pyrrole nitrogens is 1. The van der Waals surface area contributed by atoms with Crippen molar-refractivity contribution < 1.29 is 9.18 Å². The molecule has 1 aliphatic carbocycles. The van der Waals surface area contributed by atoms with Crippen molar-refractivity contribution in [1.29, 1.82) is 0 Å². The fraction of sp³-hybridized carbons (Fsp3) is 0.261. The van der Waals surface area contributed by atoms with Crippen LogP contribution in [0.2, 0.25) is 0 Å². The quantitative estimate of drug-likeness (QED) is 0.697. The van der Waals surface area contributed by atoms with Crippen molar-refractivity contribution in [2.45, 2.75) is 18.3 Å². The van der Waals surface area contributed by atoms with Gasteiger partial charge in [-0.1, -0.05) is 12.1 Å². The standard InChI is InChI=1S/C23H19FN4O/c1-28-11-23(12-28)10-26-22(29)19-15-7-6-13-9-25-18(14-4-2-3-5-17(14)24)8-16(13)20(15)27-21(19)23/h2-5,8-10,27H,6-7,11-12H2,1H3. The number of likely N-dealkylation sites (tertiary alicyclic amines) is 1. The van der Waals surface area contributed by atoms with Crippen LogP contribution in [0.25, 0.3) is 22.5 Å². The third kappa shape index (κ3) is 2.26. The molecule has 2 aliphatic heterocycles. The number of benzene rings is 1. The molecule has 29 heavy (non-hydrogen) atoms. The molecule has 0 radical (unpaired) electrons. The number of rotatable bonds is 1. The average molecular weight is 386 g/mol. The Morgan fingerprint density at radius 3 is 2.79 bits per heavy atom. The molecule has 3 aromatic rings. The maximum Gasteiger partial charge on any atom is 0.278 e. The van der Waals surface area contributed by atoms with Gasteiger partial charge in [0.05, 0.1) is 22.4 Å². The monoisotopic (exact) mass is 386 g/mol. The molecule has 5 nitrogen and oxygen atoms in total. The molecule has 1 fully saturated rings. The summed E-state index contributed by atoms with van der Waals surface area (Å²) in [6.45, 7) is 1.69. The average Bonchev–Trinajstić information content (AvgIpc) is 3.11. The van der Waals surface area contributed by atoms with Gasteiger partial charge in [0.2, 0.25) is 0 Å². The van der Waals surface area contributed by atoms with Crippen LogP contribution in [0.4, 0.5) is 4.39 Å². The number of aromatic amines is 1. The number of aromatic nitrogens is 2. The maximum atomic E-state index is 14.3. The molecule has 1 amide bonds. The number of aliphatic imine (C=N–C) groups is 1.